The van der Waals surface area contributed by atoms with Gasteiger partial charge < -0.3 is 19.9 Å². The van der Waals surface area contributed by atoms with Crippen LogP contribution in [0.3, 0.4) is 0 Å². The third kappa shape index (κ3) is 7.57. The zero-order valence-electron chi connectivity index (χ0n) is 18.6. The molecule has 0 bridgehead atoms. The molecule has 1 atom stereocenters. The summed E-state index contributed by atoms with van der Waals surface area (Å²) in [7, 11) is 3.42. The van der Waals surface area contributed by atoms with Crippen molar-refractivity contribution in [3.8, 4) is 0 Å². The summed E-state index contributed by atoms with van der Waals surface area (Å²) < 4.78 is 18.7. The Hall–Kier alpha value is -1.46. The minimum Gasteiger partial charge on any atom is -0.375 e. The maximum Gasteiger partial charge on any atom is 0.236 e. The number of piperidine rings is 1. The standard InChI is InChI=1S/C22H34FN5O2.HI/c1-24-22(25-16-20(30-2)18-6-8-19(23)9-7-18)28-14-12-26(13-15-28)17-21(29)27-10-4-3-5-11-27;/h6-9,20H,3-5,10-17H2,1-2H3,(H,24,25);1H. The fourth-order valence-electron chi connectivity index (χ4n) is 4.08. The predicted octanol–water partition coefficient (Wildman–Crippen LogP) is 2.34. The van der Waals surface area contributed by atoms with Crippen LogP contribution in [-0.2, 0) is 9.53 Å². The molecule has 0 aromatic heterocycles. The summed E-state index contributed by atoms with van der Waals surface area (Å²) in [5.74, 6) is 0.822. The molecular weight excluding hydrogens is 512 g/mol. The molecule has 7 nitrogen and oxygen atoms in total. The minimum absolute atomic E-state index is 0. The third-order valence-corrected chi connectivity index (χ3v) is 5.92. The summed E-state index contributed by atoms with van der Waals surface area (Å²) in [6, 6.07) is 6.37. The molecule has 1 aromatic carbocycles. The van der Waals surface area contributed by atoms with Crippen molar-refractivity contribution in [1.29, 1.82) is 0 Å². The number of piperazine rings is 1. The van der Waals surface area contributed by atoms with Gasteiger partial charge in [-0.05, 0) is 37.0 Å². The number of nitrogens with one attached hydrogen (secondary N) is 1. The molecule has 2 heterocycles. The van der Waals surface area contributed by atoms with Crippen molar-refractivity contribution < 1.29 is 13.9 Å². The molecule has 0 radical (unpaired) electrons. The molecule has 0 aliphatic carbocycles. The summed E-state index contributed by atoms with van der Waals surface area (Å²) >= 11 is 0. The van der Waals surface area contributed by atoms with Crippen LogP contribution in [0, 0.1) is 5.82 Å². The maximum atomic E-state index is 13.2. The van der Waals surface area contributed by atoms with E-state index < -0.39 is 0 Å². The molecule has 2 saturated heterocycles. The Kier molecular flexibility index (Phi) is 11.0. The average molecular weight is 547 g/mol. The molecule has 2 aliphatic rings. The van der Waals surface area contributed by atoms with Crippen molar-refractivity contribution in [3.63, 3.8) is 0 Å². The van der Waals surface area contributed by atoms with E-state index in [0.717, 1.165) is 63.6 Å². The van der Waals surface area contributed by atoms with Gasteiger partial charge in [0.1, 0.15) is 5.82 Å². The van der Waals surface area contributed by atoms with Crippen LogP contribution >= 0.6 is 24.0 Å². The second-order valence-electron chi connectivity index (χ2n) is 7.91. The molecule has 1 amide bonds. The molecule has 0 saturated carbocycles. The molecule has 174 valence electrons. The van der Waals surface area contributed by atoms with E-state index in [0.29, 0.717) is 13.1 Å². The SMILES string of the molecule is CN=C(NCC(OC)c1ccc(F)cc1)N1CCN(CC(=O)N2CCCCC2)CC1.I. The number of aliphatic imine (C=N–C) groups is 1. The smallest absolute Gasteiger partial charge is 0.236 e. The topological polar surface area (TPSA) is 60.4 Å². The number of guanidine groups is 1. The average Bonchev–Trinajstić information content (AvgIpc) is 2.79. The van der Waals surface area contributed by atoms with Crippen LogP contribution in [0.15, 0.2) is 29.3 Å². The van der Waals surface area contributed by atoms with Crippen LogP contribution < -0.4 is 5.32 Å². The van der Waals surface area contributed by atoms with E-state index in [4.69, 9.17) is 4.74 Å². The minimum atomic E-state index is -0.256. The summed E-state index contributed by atoms with van der Waals surface area (Å²) in [6.07, 6.45) is 3.30. The van der Waals surface area contributed by atoms with Crippen molar-refractivity contribution in [2.45, 2.75) is 25.4 Å². The number of rotatable bonds is 6. The number of methoxy groups -OCH3 is 1. The highest BCUT2D eigenvalue weighted by Crippen LogP contribution is 2.16. The fraction of sp³-hybridized carbons (Fsp3) is 0.636. The molecule has 3 rings (SSSR count). The van der Waals surface area contributed by atoms with Crippen LogP contribution in [0.2, 0.25) is 0 Å². The number of hydrogen-bond donors (Lipinski definition) is 1. The Bertz CT molecular complexity index is 704. The van der Waals surface area contributed by atoms with Crippen molar-refractivity contribution >= 4 is 35.8 Å². The van der Waals surface area contributed by atoms with Crippen LogP contribution in [0.25, 0.3) is 0 Å². The monoisotopic (exact) mass is 547 g/mol. The quantitative estimate of drug-likeness (QED) is 0.337. The number of halogens is 2. The van der Waals surface area contributed by atoms with Gasteiger partial charge in [-0.2, -0.15) is 0 Å². The number of ether oxygens (including phenoxy) is 1. The zero-order valence-corrected chi connectivity index (χ0v) is 20.9. The van der Waals surface area contributed by atoms with E-state index in [1.807, 2.05) is 4.90 Å². The highest BCUT2D eigenvalue weighted by atomic mass is 127. The number of carbonyl (C=O) groups excluding carboxylic acids is 1. The largest absolute Gasteiger partial charge is 0.375 e. The van der Waals surface area contributed by atoms with Gasteiger partial charge in [0, 0.05) is 60.0 Å². The van der Waals surface area contributed by atoms with Gasteiger partial charge in [-0.25, -0.2) is 4.39 Å². The van der Waals surface area contributed by atoms with Gasteiger partial charge in [0.25, 0.3) is 0 Å². The van der Waals surface area contributed by atoms with Gasteiger partial charge in [-0.3, -0.25) is 14.7 Å². The Balaban J connectivity index is 0.00000341. The Morgan fingerprint density at radius 3 is 2.29 bits per heavy atom. The van der Waals surface area contributed by atoms with Crippen molar-refractivity contribution in [3.05, 3.63) is 35.6 Å². The van der Waals surface area contributed by atoms with E-state index in [2.05, 4.69) is 20.1 Å². The summed E-state index contributed by atoms with van der Waals surface area (Å²) in [5.41, 5.74) is 0.919. The maximum absolute atomic E-state index is 13.2. The number of carbonyl (C=O) groups is 1. The number of amides is 1. The molecule has 2 aliphatic heterocycles. The van der Waals surface area contributed by atoms with Crippen LogP contribution in [0.5, 0.6) is 0 Å². The number of nitrogens with zero attached hydrogens (tertiary/aromatic N) is 4. The van der Waals surface area contributed by atoms with Gasteiger partial charge in [0.2, 0.25) is 5.91 Å². The van der Waals surface area contributed by atoms with E-state index in [1.54, 1.807) is 26.3 Å². The van der Waals surface area contributed by atoms with Crippen LogP contribution in [0.4, 0.5) is 4.39 Å². The predicted molar refractivity (Wildman–Crippen MR) is 131 cm³/mol. The summed E-state index contributed by atoms with van der Waals surface area (Å²) in [4.78, 5) is 23.4. The van der Waals surface area contributed by atoms with E-state index in [-0.39, 0.29) is 41.8 Å². The first kappa shape index (κ1) is 25.8. The second-order valence-corrected chi connectivity index (χ2v) is 7.91. The van der Waals surface area contributed by atoms with E-state index in [9.17, 15) is 9.18 Å². The van der Waals surface area contributed by atoms with Crippen molar-refractivity contribution in [2.75, 3.05) is 66.5 Å². The molecule has 1 N–H and O–H groups in total. The highest BCUT2D eigenvalue weighted by molar-refractivity contribution is 14.0. The van der Waals surface area contributed by atoms with Gasteiger partial charge >= 0.3 is 0 Å². The van der Waals surface area contributed by atoms with Gasteiger partial charge in [0.15, 0.2) is 5.96 Å². The van der Waals surface area contributed by atoms with Crippen molar-refractivity contribution in [2.24, 2.45) is 4.99 Å². The van der Waals surface area contributed by atoms with E-state index in [1.165, 1.54) is 18.6 Å². The normalized spacial score (nSPS) is 19.0. The lowest BCUT2D eigenvalue weighted by atomic mass is 10.1. The number of likely N-dealkylation sites (tertiary alicyclic amines) is 1. The number of hydrogen-bond acceptors (Lipinski definition) is 4. The molecule has 0 spiro atoms. The molecule has 31 heavy (non-hydrogen) atoms. The Morgan fingerprint density at radius 1 is 1.06 bits per heavy atom. The summed E-state index contributed by atoms with van der Waals surface area (Å²) in [5, 5.41) is 3.37. The first-order chi connectivity index (χ1) is 14.6. The van der Waals surface area contributed by atoms with Crippen LogP contribution in [-0.4, -0.2) is 93.1 Å². The summed E-state index contributed by atoms with van der Waals surface area (Å²) in [6.45, 7) is 6.19. The van der Waals surface area contributed by atoms with Gasteiger partial charge in [-0.15, -0.1) is 24.0 Å². The van der Waals surface area contributed by atoms with Crippen molar-refractivity contribution in [1.82, 2.24) is 20.0 Å². The Labute approximate surface area is 202 Å². The lowest BCUT2D eigenvalue weighted by Crippen LogP contribution is -2.54. The zero-order chi connectivity index (χ0) is 21.3. The highest BCUT2D eigenvalue weighted by Gasteiger charge is 2.24. The van der Waals surface area contributed by atoms with E-state index >= 15 is 0 Å². The third-order valence-electron chi connectivity index (χ3n) is 5.92. The first-order valence-corrected chi connectivity index (χ1v) is 10.8. The molecule has 1 aromatic rings. The van der Waals surface area contributed by atoms with Crippen LogP contribution in [0.1, 0.15) is 30.9 Å². The molecule has 1 unspecified atom stereocenters. The first-order valence-electron chi connectivity index (χ1n) is 10.8. The number of benzene rings is 1. The lowest BCUT2D eigenvalue weighted by molar-refractivity contribution is -0.133. The molecular formula is C22H35FIN5O2. The Morgan fingerprint density at radius 2 is 1.71 bits per heavy atom. The molecule has 9 heteroatoms. The fourth-order valence-corrected chi connectivity index (χ4v) is 4.08. The van der Waals surface area contributed by atoms with Gasteiger partial charge in [0.05, 0.1) is 12.6 Å². The lowest BCUT2D eigenvalue weighted by Gasteiger charge is -2.37. The second kappa shape index (κ2) is 13.2. The molecule has 2 fully saturated rings. The van der Waals surface area contributed by atoms with Gasteiger partial charge in [-0.1, -0.05) is 12.1 Å².